The van der Waals surface area contributed by atoms with E-state index in [1.165, 1.54) is 17.3 Å². The first-order valence-corrected chi connectivity index (χ1v) is 9.98. The summed E-state index contributed by atoms with van der Waals surface area (Å²) in [6, 6.07) is 17.8. The second-order valence-corrected chi connectivity index (χ2v) is 7.65. The number of nitrogens with one attached hydrogen (secondary N) is 1. The molecular formula is C21H23N3O3S. The van der Waals surface area contributed by atoms with E-state index in [2.05, 4.69) is 15.5 Å². The van der Waals surface area contributed by atoms with Crippen molar-refractivity contribution >= 4 is 17.7 Å². The zero-order valence-corrected chi connectivity index (χ0v) is 16.7. The van der Waals surface area contributed by atoms with Crippen molar-refractivity contribution in [2.45, 2.75) is 37.3 Å². The normalized spacial score (nSPS) is 11.8. The zero-order valence-electron chi connectivity index (χ0n) is 15.9. The lowest BCUT2D eigenvalue weighted by Gasteiger charge is -2.09. The predicted octanol–water partition coefficient (Wildman–Crippen LogP) is 3.80. The van der Waals surface area contributed by atoms with Gasteiger partial charge in [-0.05, 0) is 43.5 Å². The van der Waals surface area contributed by atoms with Gasteiger partial charge in [-0.2, -0.15) is 0 Å². The van der Waals surface area contributed by atoms with Crippen LogP contribution in [0.5, 0.6) is 5.75 Å². The molecule has 0 aliphatic heterocycles. The fourth-order valence-electron chi connectivity index (χ4n) is 2.52. The lowest BCUT2D eigenvalue weighted by Crippen LogP contribution is -2.32. The molecule has 0 fully saturated rings. The molecule has 3 rings (SSSR count). The first kappa shape index (κ1) is 19.9. The van der Waals surface area contributed by atoms with E-state index in [9.17, 15) is 4.79 Å². The van der Waals surface area contributed by atoms with Gasteiger partial charge in [0.2, 0.25) is 5.91 Å². The molecule has 28 heavy (non-hydrogen) atoms. The first-order chi connectivity index (χ1) is 13.6. The molecule has 1 N–H and O–H groups in total. The number of aromatic nitrogens is 2. The highest BCUT2D eigenvalue weighted by Gasteiger charge is 2.18. The number of aryl methyl sites for hydroxylation is 1. The molecule has 6 nitrogen and oxygen atoms in total. The van der Waals surface area contributed by atoms with Crippen molar-refractivity contribution in [2.24, 2.45) is 0 Å². The number of hydrogen-bond acceptors (Lipinski definition) is 6. The summed E-state index contributed by atoms with van der Waals surface area (Å²) < 4.78 is 11.2. The predicted molar refractivity (Wildman–Crippen MR) is 108 cm³/mol. The number of carbonyl (C=O) groups excluding carboxylic acids is 1. The second-order valence-electron chi connectivity index (χ2n) is 6.35. The Bertz CT molecular complexity index is 899. The first-order valence-electron chi connectivity index (χ1n) is 9.10. The van der Waals surface area contributed by atoms with E-state index in [4.69, 9.17) is 9.15 Å². The van der Waals surface area contributed by atoms with Gasteiger partial charge in [-0.1, -0.05) is 54.2 Å². The van der Waals surface area contributed by atoms with Crippen LogP contribution in [0.2, 0.25) is 0 Å². The Morgan fingerprint density at radius 3 is 2.79 bits per heavy atom. The van der Waals surface area contributed by atoms with Crippen LogP contribution in [-0.2, 0) is 17.8 Å². The number of rotatable bonds is 9. The third-order valence-electron chi connectivity index (χ3n) is 4.00. The Hall–Kier alpha value is -2.80. The van der Waals surface area contributed by atoms with E-state index in [0.717, 1.165) is 17.7 Å². The number of ether oxygens (including phenoxy) is 1. The van der Waals surface area contributed by atoms with Gasteiger partial charge in [0, 0.05) is 6.54 Å². The van der Waals surface area contributed by atoms with Gasteiger partial charge in [0.25, 0.3) is 11.1 Å². The summed E-state index contributed by atoms with van der Waals surface area (Å²) in [5.41, 5.74) is 2.31. The van der Waals surface area contributed by atoms with Gasteiger partial charge >= 0.3 is 0 Å². The number of amides is 1. The van der Waals surface area contributed by atoms with Gasteiger partial charge in [0.15, 0.2) is 6.61 Å². The highest BCUT2D eigenvalue weighted by molar-refractivity contribution is 8.00. The molecule has 0 saturated carbocycles. The van der Waals surface area contributed by atoms with E-state index >= 15 is 0 Å². The van der Waals surface area contributed by atoms with Crippen LogP contribution < -0.4 is 10.1 Å². The monoisotopic (exact) mass is 397 g/mol. The summed E-state index contributed by atoms with van der Waals surface area (Å²) in [6.07, 6.45) is 0.797. The standard InChI is InChI=1S/C21H23N3O3S/c1-15-7-6-10-18(13-15)26-14-19-23-24-21(27-19)28-16(2)20(25)22-12-11-17-8-4-3-5-9-17/h3-10,13,16H,11-12,14H2,1-2H3,(H,22,25). The van der Waals surface area contributed by atoms with Crippen molar-refractivity contribution in [1.82, 2.24) is 15.5 Å². The van der Waals surface area contributed by atoms with E-state index < -0.39 is 0 Å². The number of nitrogens with zero attached hydrogens (tertiary/aromatic N) is 2. The fourth-order valence-corrected chi connectivity index (χ4v) is 3.24. The quantitative estimate of drug-likeness (QED) is 0.554. The Kier molecular flexibility index (Phi) is 7.08. The van der Waals surface area contributed by atoms with Crippen LogP contribution >= 0.6 is 11.8 Å². The average Bonchev–Trinajstić information content (AvgIpc) is 3.14. The Morgan fingerprint density at radius 1 is 1.18 bits per heavy atom. The van der Waals surface area contributed by atoms with Gasteiger partial charge in [0.1, 0.15) is 5.75 Å². The van der Waals surface area contributed by atoms with Crippen LogP contribution in [0.3, 0.4) is 0 Å². The van der Waals surface area contributed by atoms with Crippen LogP contribution in [0.4, 0.5) is 0 Å². The highest BCUT2D eigenvalue weighted by atomic mass is 32.2. The summed E-state index contributed by atoms with van der Waals surface area (Å²) in [4.78, 5) is 12.2. The SMILES string of the molecule is Cc1cccc(OCc2nnc(SC(C)C(=O)NCCc3ccccc3)o2)c1. The lowest BCUT2D eigenvalue weighted by molar-refractivity contribution is -0.120. The number of benzene rings is 2. The molecule has 0 saturated heterocycles. The smallest absolute Gasteiger partial charge is 0.277 e. The fraction of sp³-hybridized carbons (Fsp3) is 0.286. The third kappa shape index (κ3) is 6.13. The van der Waals surface area contributed by atoms with Crippen molar-refractivity contribution in [1.29, 1.82) is 0 Å². The molecule has 1 atom stereocenters. The van der Waals surface area contributed by atoms with Crippen molar-refractivity contribution in [3.05, 3.63) is 71.6 Å². The molecule has 0 aliphatic carbocycles. The summed E-state index contributed by atoms with van der Waals surface area (Å²) >= 11 is 1.24. The highest BCUT2D eigenvalue weighted by Crippen LogP contribution is 2.22. The van der Waals surface area contributed by atoms with Crippen molar-refractivity contribution in [3.8, 4) is 5.75 Å². The topological polar surface area (TPSA) is 77.2 Å². The van der Waals surface area contributed by atoms with Crippen LogP contribution in [0.1, 0.15) is 23.9 Å². The average molecular weight is 398 g/mol. The molecule has 0 radical (unpaired) electrons. The number of hydrogen-bond donors (Lipinski definition) is 1. The molecule has 7 heteroatoms. The summed E-state index contributed by atoms with van der Waals surface area (Å²) in [5.74, 6) is 1.07. The Morgan fingerprint density at radius 2 is 2.00 bits per heavy atom. The van der Waals surface area contributed by atoms with Gasteiger partial charge in [-0.3, -0.25) is 4.79 Å². The summed E-state index contributed by atoms with van der Waals surface area (Å²) in [7, 11) is 0. The number of carbonyl (C=O) groups is 1. The van der Waals surface area contributed by atoms with E-state index in [-0.39, 0.29) is 17.8 Å². The molecule has 1 heterocycles. The molecule has 3 aromatic rings. The lowest BCUT2D eigenvalue weighted by atomic mass is 10.1. The molecule has 1 amide bonds. The van der Waals surface area contributed by atoms with Crippen molar-refractivity contribution in [2.75, 3.05) is 6.54 Å². The van der Waals surface area contributed by atoms with Crippen LogP contribution in [0.15, 0.2) is 64.2 Å². The maximum absolute atomic E-state index is 12.2. The van der Waals surface area contributed by atoms with Gasteiger partial charge in [-0.25, -0.2) is 0 Å². The van der Waals surface area contributed by atoms with E-state index in [1.807, 2.05) is 68.4 Å². The summed E-state index contributed by atoms with van der Waals surface area (Å²) in [6.45, 7) is 4.60. The Labute approximate surface area is 168 Å². The van der Waals surface area contributed by atoms with E-state index in [1.54, 1.807) is 0 Å². The van der Waals surface area contributed by atoms with Crippen LogP contribution in [-0.4, -0.2) is 27.9 Å². The van der Waals surface area contributed by atoms with Crippen LogP contribution in [0.25, 0.3) is 0 Å². The van der Waals surface area contributed by atoms with Crippen molar-refractivity contribution < 1.29 is 13.9 Å². The molecule has 146 valence electrons. The minimum absolute atomic E-state index is 0.0586. The molecule has 1 aromatic heterocycles. The molecule has 1 unspecified atom stereocenters. The maximum atomic E-state index is 12.2. The molecule has 2 aromatic carbocycles. The van der Waals surface area contributed by atoms with Gasteiger partial charge in [0.05, 0.1) is 5.25 Å². The minimum Gasteiger partial charge on any atom is -0.484 e. The van der Waals surface area contributed by atoms with E-state index in [0.29, 0.717) is 17.7 Å². The molecular weight excluding hydrogens is 374 g/mol. The minimum atomic E-state index is -0.332. The maximum Gasteiger partial charge on any atom is 0.277 e. The third-order valence-corrected chi connectivity index (χ3v) is 4.94. The van der Waals surface area contributed by atoms with Crippen molar-refractivity contribution in [3.63, 3.8) is 0 Å². The summed E-state index contributed by atoms with van der Waals surface area (Å²) in [5, 5.41) is 10.9. The largest absolute Gasteiger partial charge is 0.484 e. The number of thioether (sulfide) groups is 1. The zero-order chi connectivity index (χ0) is 19.8. The molecule has 0 aliphatic rings. The van der Waals surface area contributed by atoms with Crippen LogP contribution in [0, 0.1) is 6.92 Å². The van der Waals surface area contributed by atoms with Gasteiger partial charge in [-0.15, -0.1) is 10.2 Å². The molecule has 0 bridgehead atoms. The Balaban J connectivity index is 1.42. The second kappa shape index (κ2) is 9.94. The van der Waals surface area contributed by atoms with Gasteiger partial charge < -0.3 is 14.5 Å². The molecule has 0 spiro atoms.